The van der Waals surface area contributed by atoms with Crippen molar-refractivity contribution in [1.82, 2.24) is 0 Å². The number of carbonyl (C=O) groups is 2. The lowest BCUT2D eigenvalue weighted by Crippen LogP contribution is -2.63. The number of hydrogen-bond acceptors (Lipinski definition) is 5. The summed E-state index contributed by atoms with van der Waals surface area (Å²) in [5, 5.41) is 0. The molecule has 10 atom stereocenters. The predicted octanol–water partition coefficient (Wildman–Crippen LogP) is 7.46. The molecule has 0 aliphatic heterocycles. The van der Waals surface area contributed by atoms with E-state index in [-0.39, 0.29) is 28.8 Å². The van der Waals surface area contributed by atoms with Crippen LogP contribution in [0.15, 0.2) is 0 Å². The number of hydrogen-bond donors (Lipinski definition) is 0. The van der Waals surface area contributed by atoms with Crippen molar-refractivity contribution >= 4 is 28.4 Å². The number of ether oxygens (including phenoxy) is 1. The smallest absolute Gasteiger partial charge is 0.305 e. The summed E-state index contributed by atoms with van der Waals surface area (Å²) in [5.74, 6) is 2.67. The first-order valence-electron chi connectivity index (χ1n) is 15.4. The van der Waals surface area contributed by atoms with Gasteiger partial charge in [0.1, 0.15) is 5.78 Å². The molecule has 0 aromatic rings. The first-order chi connectivity index (χ1) is 17.5. The minimum Gasteiger partial charge on any atom is -0.469 e. The molecule has 5 nitrogen and oxygen atoms in total. The van der Waals surface area contributed by atoms with Crippen LogP contribution in [0.3, 0.4) is 0 Å². The van der Waals surface area contributed by atoms with Gasteiger partial charge in [-0.15, -0.1) is 0 Å². The number of fused-ring (bicyclic) bond motifs is 5. The van der Waals surface area contributed by atoms with Crippen molar-refractivity contribution in [2.45, 2.75) is 130 Å². The summed E-state index contributed by atoms with van der Waals surface area (Å²) in [7, 11) is -1.94. The Morgan fingerprint density at radius 2 is 1.63 bits per heavy atom. The van der Waals surface area contributed by atoms with Crippen LogP contribution in [0.5, 0.6) is 0 Å². The Hall–Kier alpha value is -0.506. The van der Waals surface area contributed by atoms with Gasteiger partial charge in [-0.1, -0.05) is 20.8 Å². The molecule has 0 spiro atoms. The summed E-state index contributed by atoms with van der Waals surface area (Å²) in [6, 6.07) is 0. The minimum absolute atomic E-state index is 0.0199. The number of Topliss-reactive ketones (excluding diaryl/α,β-unsaturated/α-hetero) is 1. The van der Waals surface area contributed by atoms with Gasteiger partial charge >= 0.3 is 5.97 Å². The molecule has 0 aromatic heterocycles. The van der Waals surface area contributed by atoms with Crippen molar-refractivity contribution < 1.29 is 23.2 Å². The number of ketones is 1. The van der Waals surface area contributed by atoms with E-state index in [1.807, 2.05) is 0 Å². The van der Waals surface area contributed by atoms with Gasteiger partial charge in [-0.3, -0.25) is 9.59 Å². The number of methoxy groups -OCH3 is 1. The Balaban J connectivity index is 1.64. The van der Waals surface area contributed by atoms with E-state index in [9.17, 15) is 9.59 Å². The van der Waals surface area contributed by atoms with Gasteiger partial charge < -0.3 is 13.6 Å². The van der Waals surface area contributed by atoms with Crippen LogP contribution in [-0.2, 0) is 23.2 Å². The van der Waals surface area contributed by atoms with Crippen molar-refractivity contribution in [2.75, 3.05) is 7.11 Å². The average molecular weight is 565 g/mol. The molecule has 4 saturated carbocycles. The lowest BCUT2D eigenvalue weighted by molar-refractivity contribution is -0.178. The second kappa shape index (κ2) is 10.7. The Labute approximate surface area is 234 Å². The van der Waals surface area contributed by atoms with Crippen LogP contribution in [0.1, 0.15) is 78.6 Å². The van der Waals surface area contributed by atoms with E-state index in [0.717, 1.165) is 44.9 Å². The summed E-state index contributed by atoms with van der Waals surface area (Å²) in [6.07, 6.45) is 9.17. The molecule has 38 heavy (non-hydrogen) atoms. The summed E-state index contributed by atoms with van der Waals surface area (Å²) < 4.78 is 18.7. The molecular formula is C31H56O5Si2. The van der Waals surface area contributed by atoms with Gasteiger partial charge in [0.2, 0.25) is 0 Å². The molecular weight excluding hydrogens is 509 g/mol. The van der Waals surface area contributed by atoms with E-state index in [1.54, 1.807) is 0 Å². The monoisotopic (exact) mass is 564 g/mol. The van der Waals surface area contributed by atoms with Crippen molar-refractivity contribution in [3.05, 3.63) is 0 Å². The predicted molar refractivity (Wildman–Crippen MR) is 158 cm³/mol. The Morgan fingerprint density at radius 3 is 2.24 bits per heavy atom. The topological polar surface area (TPSA) is 61.8 Å². The zero-order chi connectivity index (χ0) is 28.3. The van der Waals surface area contributed by atoms with Crippen molar-refractivity contribution in [1.29, 1.82) is 0 Å². The molecule has 0 aromatic carbocycles. The summed E-state index contributed by atoms with van der Waals surface area (Å²) in [4.78, 5) is 26.1. The van der Waals surface area contributed by atoms with Gasteiger partial charge in [0.15, 0.2) is 16.6 Å². The minimum atomic E-state index is -1.81. The maximum atomic E-state index is 14.1. The van der Waals surface area contributed by atoms with Crippen LogP contribution < -0.4 is 0 Å². The largest absolute Gasteiger partial charge is 0.469 e. The van der Waals surface area contributed by atoms with Crippen molar-refractivity contribution in [3.63, 3.8) is 0 Å². The van der Waals surface area contributed by atoms with Gasteiger partial charge in [-0.05, 0) is 125 Å². The van der Waals surface area contributed by atoms with Gasteiger partial charge in [-0.25, -0.2) is 0 Å². The van der Waals surface area contributed by atoms with Crippen LogP contribution in [0.25, 0.3) is 0 Å². The van der Waals surface area contributed by atoms with E-state index < -0.39 is 16.6 Å². The SMILES string of the molecule is COC(=O)CC[C@@H](C)[C@H]1CCC2C3C(=O)C[C@@H]4C[C@H](O[Si](C)(C)C)CC[C@]4(C)C3C[C@H](O[Si](C)(C)C)[C@@]21C. The highest BCUT2D eigenvalue weighted by atomic mass is 28.4. The Kier molecular flexibility index (Phi) is 8.59. The molecule has 0 bridgehead atoms. The van der Waals surface area contributed by atoms with Gasteiger partial charge in [0.25, 0.3) is 0 Å². The maximum Gasteiger partial charge on any atom is 0.305 e. The highest BCUT2D eigenvalue weighted by molar-refractivity contribution is 6.70. The molecule has 4 aliphatic carbocycles. The standard InChI is InChI=1S/C31H56O5Si2/c1-20(11-14-28(33)34-4)23-12-13-24-29-25(19-27(31(23,24)3)36-38(8,9)10)30(2)16-15-22(35-37(5,6)7)17-21(30)18-26(29)32/h20-25,27,29H,11-19H2,1-10H3/t20-,21+,22-,23-,24?,25?,27+,29?,30+,31-/m1/s1. The third-order valence-electron chi connectivity index (χ3n) is 11.3. The lowest BCUT2D eigenvalue weighted by Gasteiger charge is -2.63. The van der Waals surface area contributed by atoms with Gasteiger partial charge in [0.05, 0.1) is 13.2 Å². The molecule has 4 aliphatic rings. The number of carbonyl (C=O) groups excluding carboxylic acids is 2. The van der Waals surface area contributed by atoms with Crippen LogP contribution in [0, 0.1) is 46.3 Å². The summed E-state index contributed by atoms with van der Waals surface area (Å²) >= 11 is 0. The van der Waals surface area contributed by atoms with E-state index in [4.69, 9.17) is 13.6 Å². The molecule has 0 radical (unpaired) electrons. The fourth-order valence-corrected chi connectivity index (χ4v) is 12.1. The van der Waals surface area contributed by atoms with Crippen LogP contribution >= 0.6 is 0 Å². The molecule has 218 valence electrons. The number of esters is 1. The van der Waals surface area contributed by atoms with E-state index in [2.05, 4.69) is 60.1 Å². The van der Waals surface area contributed by atoms with E-state index in [1.165, 1.54) is 13.5 Å². The third-order valence-corrected chi connectivity index (χ3v) is 13.3. The fourth-order valence-electron chi connectivity index (χ4n) is 9.66. The van der Waals surface area contributed by atoms with Crippen LogP contribution in [-0.4, -0.2) is 47.7 Å². The zero-order valence-electron chi connectivity index (χ0n) is 26.0. The molecule has 0 saturated heterocycles. The first-order valence-corrected chi connectivity index (χ1v) is 22.3. The molecule has 3 unspecified atom stereocenters. The maximum absolute atomic E-state index is 14.1. The fraction of sp³-hybridized carbons (Fsp3) is 0.935. The van der Waals surface area contributed by atoms with Crippen LogP contribution in [0.4, 0.5) is 0 Å². The quantitative estimate of drug-likeness (QED) is 0.226. The third kappa shape index (κ3) is 5.78. The van der Waals surface area contributed by atoms with Gasteiger partial charge in [-0.2, -0.15) is 0 Å². The summed E-state index contributed by atoms with van der Waals surface area (Å²) in [5.41, 5.74) is 0.169. The molecule has 7 heteroatoms. The molecule has 0 N–H and O–H groups in total. The lowest BCUT2D eigenvalue weighted by atomic mass is 9.43. The van der Waals surface area contributed by atoms with Crippen molar-refractivity contribution in [3.8, 4) is 0 Å². The van der Waals surface area contributed by atoms with E-state index >= 15 is 0 Å². The zero-order valence-corrected chi connectivity index (χ0v) is 28.0. The second-order valence-corrected chi connectivity index (χ2v) is 24.8. The van der Waals surface area contributed by atoms with Crippen LogP contribution in [0.2, 0.25) is 39.3 Å². The molecule has 4 fully saturated rings. The second-order valence-electron chi connectivity index (χ2n) is 15.8. The normalized spacial score (nSPS) is 42.2. The Bertz CT molecular complexity index is 894. The molecule has 0 amide bonds. The van der Waals surface area contributed by atoms with Gasteiger partial charge in [0, 0.05) is 24.9 Å². The molecule has 4 rings (SSSR count). The molecule has 0 heterocycles. The highest BCUT2D eigenvalue weighted by Gasteiger charge is 2.66. The average Bonchev–Trinajstić information content (AvgIpc) is 3.15. The van der Waals surface area contributed by atoms with Crippen molar-refractivity contribution in [2.24, 2.45) is 46.3 Å². The first kappa shape index (κ1) is 30.5. The number of rotatable bonds is 8. The summed E-state index contributed by atoms with van der Waals surface area (Å²) in [6.45, 7) is 21.1. The Morgan fingerprint density at radius 1 is 0.974 bits per heavy atom. The highest BCUT2D eigenvalue weighted by Crippen LogP contribution is 2.68. The van der Waals surface area contributed by atoms with E-state index in [0.29, 0.717) is 47.9 Å².